The van der Waals surface area contributed by atoms with Gasteiger partial charge in [-0.1, -0.05) is 12.1 Å². The Morgan fingerprint density at radius 1 is 1.12 bits per heavy atom. The average Bonchev–Trinajstić information content (AvgIpc) is 3.54. The maximum atomic E-state index is 13.4. The molecule has 0 aliphatic carbocycles. The number of likely N-dealkylation sites (tertiary alicyclic amines) is 1. The van der Waals surface area contributed by atoms with Crippen LogP contribution in [0.5, 0.6) is 5.75 Å². The molecule has 2 amide bonds. The van der Waals surface area contributed by atoms with Gasteiger partial charge in [0.25, 0.3) is 5.91 Å². The van der Waals surface area contributed by atoms with E-state index in [4.69, 9.17) is 4.74 Å². The zero-order chi connectivity index (χ0) is 23.7. The molecule has 0 unspecified atom stereocenters. The molecule has 2 saturated heterocycles. The third-order valence-corrected chi connectivity index (χ3v) is 7.67. The molecule has 0 atom stereocenters. The van der Waals surface area contributed by atoms with E-state index >= 15 is 0 Å². The number of benzene rings is 1. The predicted octanol–water partition coefficient (Wildman–Crippen LogP) is 4.10. The van der Waals surface area contributed by atoms with Gasteiger partial charge in [-0.15, -0.1) is 0 Å². The monoisotopic (exact) mass is 479 g/mol. The molecule has 2 aromatic heterocycles. The molecule has 1 N–H and O–H groups in total. The second kappa shape index (κ2) is 9.58. The van der Waals surface area contributed by atoms with Crippen molar-refractivity contribution in [3.8, 4) is 5.75 Å². The number of nitrogens with one attached hydrogen (secondary N) is 1. The lowest BCUT2D eigenvalue weighted by molar-refractivity contribution is -0.120. The van der Waals surface area contributed by atoms with Gasteiger partial charge in [0.15, 0.2) is 0 Å². The molecule has 178 valence electrons. The number of para-hydroxylation sites is 2. The first-order valence-corrected chi connectivity index (χ1v) is 12.6. The molecule has 9 heteroatoms. The van der Waals surface area contributed by atoms with Crippen LogP contribution >= 0.6 is 11.5 Å². The Morgan fingerprint density at radius 2 is 1.85 bits per heavy atom. The van der Waals surface area contributed by atoms with Gasteiger partial charge < -0.3 is 19.9 Å². The maximum Gasteiger partial charge on any atom is 0.257 e. The van der Waals surface area contributed by atoms with E-state index < -0.39 is 0 Å². The summed E-state index contributed by atoms with van der Waals surface area (Å²) in [6.07, 6.45) is 5.22. The first kappa shape index (κ1) is 22.6. The molecule has 2 fully saturated rings. The minimum absolute atomic E-state index is 0.00534. The maximum absolute atomic E-state index is 13.4. The van der Waals surface area contributed by atoms with Crippen molar-refractivity contribution in [2.45, 2.75) is 32.6 Å². The van der Waals surface area contributed by atoms with Crippen LogP contribution in [0.3, 0.4) is 0 Å². The Labute approximate surface area is 203 Å². The van der Waals surface area contributed by atoms with Gasteiger partial charge >= 0.3 is 0 Å². The molecule has 34 heavy (non-hydrogen) atoms. The van der Waals surface area contributed by atoms with Crippen LogP contribution in [0.2, 0.25) is 0 Å². The van der Waals surface area contributed by atoms with Crippen LogP contribution in [0.25, 0.3) is 10.2 Å². The predicted molar refractivity (Wildman–Crippen MR) is 134 cm³/mol. The minimum atomic E-state index is -0.0991. The number of methoxy groups -OCH3 is 1. The number of fused-ring (bicyclic) bond motifs is 1. The Balaban J connectivity index is 1.37. The van der Waals surface area contributed by atoms with Crippen molar-refractivity contribution in [2.75, 3.05) is 43.5 Å². The molecule has 3 aromatic rings. The van der Waals surface area contributed by atoms with Crippen LogP contribution in [0.1, 0.15) is 41.7 Å². The summed E-state index contributed by atoms with van der Waals surface area (Å²) < 4.78 is 9.87. The highest BCUT2D eigenvalue weighted by atomic mass is 32.1. The number of nitrogens with zero attached hydrogens (tertiary/aromatic N) is 4. The molecule has 0 bridgehead atoms. The van der Waals surface area contributed by atoms with Gasteiger partial charge in [-0.2, -0.15) is 4.37 Å². The van der Waals surface area contributed by atoms with Gasteiger partial charge in [0.05, 0.1) is 35.1 Å². The number of hydrogen-bond donors (Lipinski definition) is 1. The quantitative estimate of drug-likeness (QED) is 0.593. The standard InChI is InChI=1S/C25H29N5O3S/c1-16-21-22(18(15-26-24(21)34-28-16)25(32)30-11-5-6-12-30)29-13-9-17(10-14-29)23(31)27-19-7-3-4-8-20(19)33-2/h3-4,7-8,15,17H,5-6,9-14H2,1-2H3,(H,27,31). The molecule has 1 aromatic carbocycles. The lowest BCUT2D eigenvalue weighted by Crippen LogP contribution is -2.39. The summed E-state index contributed by atoms with van der Waals surface area (Å²) in [6.45, 7) is 4.95. The van der Waals surface area contributed by atoms with Crippen molar-refractivity contribution in [1.82, 2.24) is 14.3 Å². The molecule has 0 radical (unpaired) electrons. The third-order valence-electron chi connectivity index (χ3n) is 6.82. The van der Waals surface area contributed by atoms with Crippen molar-refractivity contribution in [3.63, 3.8) is 0 Å². The summed E-state index contributed by atoms with van der Waals surface area (Å²) in [6, 6.07) is 7.45. The smallest absolute Gasteiger partial charge is 0.257 e. The van der Waals surface area contributed by atoms with Gasteiger partial charge in [0.1, 0.15) is 10.6 Å². The van der Waals surface area contributed by atoms with Crippen molar-refractivity contribution in [2.24, 2.45) is 5.92 Å². The second-order valence-electron chi connectivity index (χ2n) is 8.92. The number of carbonyl (C=O) groups is 2. The van der Waals surface area contributed by atoms with Crippen LogP contribution < -0.4 is 15.0 Å². The van der Waals surface area contributed by atoms with Crippen LogP contribution in [0.15, 0.2) is 30.5 Å². The highest BCUT2D eigenvalue weighted by Gasteiger charge is 2.31. The van der Waals surface area contributed by atoms with Crippen molar-refractivity contribution < 1.29 is 14.3 Å². The fourth-order valence-electron chi connectivity index (χ4n) is 4.96. The molecule has 2 aliphatic rings. The highest BCUT2D eigenvalue weighted by Crippen LogP contribution is 2.37. The topological polar surface area (TPSA) is 87.7 Å². The molecule has 5 rings (SSSR count). The summed E-state index contributed by atoms with van der Waals surface area (Å²) in [7, 11) is 1.60. The number of hydrogen-bond acceptors (Lipinski definition) is 7. The van der Waals surface area contributed by atoms with E-state index in [0.29, 0.717) is 42.9 Å². The number of piperidine rings is 1. The normalized spacial score (nSPS) is 16.8. The van der Waals surface area contributed by atoms with Crippen LogP contribution in [-0.2, 0) is 4.79 Å². The zero-order valence-corrected chi connectivity index (χ0v) is 20.4. The molecule has 8 nitrogen and oxygen atoms in total. The molecule has 0 spiro atoms. The molecule has 2 aliphatic heterocycles. The fraction of sp³-hybridized carbons (Fsp3) is 0.440. The highest BCUT2D eigenvalue weighted by molar-refractivity contribution is 7.13. The number of amides is 2. The third kappa shape index (κ3) is 4.20. The van der Waals surface area contributed by atoms with E-state index in [2.05, 4.69) is 19.6 Å². The van der Waals surface area contributed by atoms with E-state index in [1.807, 2.05) is 36.1 Å². The number of ether oxygens (including phenoxy) is 1. The molecule has 0 saturated carbocycles. The summed E-state index contributed by atoms with van der Waals surface area (Å²) in [5, 5.41) is 3.99. The van der Waals surface area contributed by atoms with Gasteiger partial charge in [0, 0.05) is 38.3 Å². The Hall–Kier alpha value is -3.20. The largest absolute Gasteiger partial charge is 0.495 e. The van der Waals surface area contributed by atoms with E-state index in [1.54, 1.807) is 13.3 Å². The number of anilines is 2. The van der Waals surface area contributed by atoms with E-state index in [9.17, 15) is 9.59 Å². The first-order valence-electron chi connectivity index (χ1n) is 11.8. The summed E-state index contributed by atoms with van der Waals surface area (Å²) in [5.74, 6) is 0.602. The fourth-order valence-corrected chi connectivity index (χ4v) is 5.71. The lowest BCUT2D eigenvalue weighted by atomic mass is 9.94. The Morgan fingerprint density at radius 3 is 2.59 bits per heavy atom. The Bertz CT molecular complexity index is 1210. The molecule has 4 heterocycles. The van der Waals surface area contributed by atoms with Crippen LogP contribution in [-0.4, -0.2) is 59.4 Å². The van der Waals surface area contributed by atoms with E-state index in [-0.39, 0.29) is 17.7 Å². The molecular weight excluding hydrogens is 450 g/mol. The zero-order valence-electron chi connectivity index (χ0n) is 19.5. The number of aromatic nitrogens is 2. The van der Waals surface area contributed by atoms with Gasteiger partial charge in [-0.25, -0.2) is 4.98 Å². The summed E-state index contributed by atoms with van der Waals surface area (Å²) in [5.41, 5.74) is 3.16. The number of aryl methyl sites for hydroxylation is 1. The van der Waals surface area contributed by atoms with Crippen molar-refractivity contribution in [1.29, 1.82) is 0 Å². The summed E-state index contributed by atoms with van der Waals surface area (Å²) >= 11 is 1.37. The van der Waals surface area contributed by atoms with Crippen LogP contribution in [0.4, 0.5) is 11.4 Å². The Kier molecular flexibility index (Phi) is 6.36. The SMILES string of the molecule is COc1ccccc1NC(=O)C1CCN(c2c(C(=O)N3CCCC3)cnc3snc(C)c23)CC1. The van der Waals surface area contributed by atoms with Crippen LogP contribution in [0, 0.1) is 12.8 Å². The average molecular weight is 480 g/mol. The van der Waals surface area contributed by atoms with Gasteiger partial charge in [-0.3, -0.25) is 9.59 Å². The molecular formula is C25H29N5O3S. The minimum Gasteiger partial charge on any atom is -0.495 e. The first-order chi connectivity index (χ1) is 16.6. The van der Waals surface area contributed by atoms with Crippen molar-refractivity contribution >= 4 is 44.9 Å². The van der Waals surface area contributed by atoms with Gasteiger partial charge in [-0.05, 0) is 56.3 Å². The number of rotatable bonds is 5. The number of pyridine rings is 1. The van der Waals surface area contributed by atoms with Gasteiger partial charge in [0.2, 0.25) is 5.91 Å². The van der Waals surface area contributed by atoms with E-state index in [1.165, 1.54) is 11.5 Å². The second-order valence-corrected chi connectivity index (χ2v) is 9.67. The van der Waals surface area contributed by atoms with Crippen molar-refractivity contribution in [3.05, 3.63) is 41.7 Å². The lowest BCUT2D eigenvalue weighted by Gasteiger charge is -2.35. The van der Waals surface area contributed by atoms with E-state index in [0.717, 1.165) is 47.5 Å². The number of carbonyl (C=O) groups excluding carboxylic acids is 2. The summed E-state index contributed by atoms with van der Waals surface area (Å²) in [4.78, 5) is 36.0.